The lowest BCUT2D eigenvalue weighted by atomic mass is 10.1. The Balaban J connectivity index is 1.38. The first-order chi connectivity index (χ1) is 14.9. The molecule has 7 heteroatoms. The molecule has 3 N–H and O–H groups in total. The van der Waals surface area contributed by atoms with E-state index in [1.54, 1.807) is 12.1 Å². The van der Waals surface area contributed by atoms with Crippen molar-refractivity contribution in [3.63, 3.8) is 0 Å². The third kappa shape index (κ3) is 5.13. The molecular weight excluding hydrogens is 410 g/mol. The number of nitrogens with one attached hydrogen (secondary N) is 3. The smallest absolute Gasteiger partial charge is 0.319 e. The fourth-order valence-electron chi connectivity index (χ4n) is 3.68. The Bertz CT molecular complexity index is 1180. The van der Waals surface area contributed by atoms with E-state index in [0.717, 1.165) is 29.8 Å². The number of rotatable bonds is 6. The number of amides is 2. The molecule has 4 rings (SSSR count). The van der Waals surface area contributed by atoms with Gasteiger partial charge in [0.15, 0.2) is 9.84 Å². The van der Waals surface area contributed by atoms with Gasteiger partial charge in [-0.25, -0.2) is 13.2 Å². The van der Waals surface area contributed by atoms with Crippen molar-refractivity contribution in [3.8, 4) is 0 Å². The molecule has 31 heavy (non-hydrogen) atoms. The summed E-state index contributed by atoms with van der Waals surface area (Å²) in [5, 5.41) is 8.88. The lowest BCUT2D eigenvalue weighted by Crippen LogP contribution is -2.31. The fraction of sp³-hybridized carbons (Fsp3) is 0.208. The van der Waals surface area contributed by atoms with Crippen LogP contribution in [0.3, 0.4) is 0 Å². The van der Waals surface area contributed by atoms with Gasteiger partial charge in [-0.15, -0.1) is 0 Å². The van der Waals surface area contributed by atoms with Crippen LogP contribution in [0.2, 0.25) is 0 Å². The molecule has 0 aliphatic carbocycles. The van der Waals surface area contributed by atoms with Gasteiger partial charge in [0.2, 0.25) is 0 Å². The first-order valence-corrected chi connectivity index (χ1v) is 11.8. The molecule has 3 aromatic rings. The number of carbonyl (C=O) groups is 1. The molecule has 0 bridgehead atoms. The molecule has 6 nitrogen and oxygen atoms in total. The van der Waals surface area contributed by atoms with Crippen molar-refractivity contribution in [2.75, 3.05) is 5.32 Å². The molecule has 0 aromatic heterocycles. The predicted molar refractivity (Wildman–Crippen MR) is 121 cm³/mol. The number of benzene rings is 3. The maximum absolute atomic E-state index is 12.8. The molecule has 0 radical (unpaired) electrons. The van der Waals surface area contributed by atoms with Gasteiger partial charge in [0.1, 0.15) is 0 Å². The molecule has 1 unspecified atom stereocenters. The third-order valence-electron chi connectivity index (χ3n) is 5.38. The fourth-order valence-corrected chi connectivity index (χ4v) is 5.01. The Kier molecular flexibility index (Phi) is 6.06. The molecule has 1 atom stereocenters. The second kappa shape index (κ2) is 8.91. The Hall–Kier alpha value is -3.16. The molecule has 0 saturated carbocycles. The van der Waals surface area contributed by atoms with E-state index in [-0.39, 0.29) is 22.7 Å². The maximum Gasteiger partial charge on any atom is 0.319 e. The minimum atomic E-state index is -3.48. The molecule has 0 fully saturated rings. The van der Waals surface area contributed by atoms with Gasteiger partial charge in [0.05, 0.1) is 16.7 Å². The van der Waals surface area contributed by atoms with E-state index in [2.05, 4.69) is 16.0 Å². The van der Waals surface area contributed by atoms with E-state index in [4.69, 9.17) is 0 Å². The summed E-state index contributed by atoms with van der Waals surface area (Å²) in [5.41, 5.74) is 4.68. The number of urea groups is 1. The molecule has 1 aliphatic rings. The van der Waals surface area contributed by atoms with E-state index in [1.165, 1.54) is 17.7 Å². The van der Waals surface area contributed by atoms with E-state index in [0.29, 0.717) is 5.69 Å². The minimum absolute atomic E-state index is 0.0534. The average molecular weight is 436 g/mol. The molecule has 1 heterocycles. The number of anilines is 1. The van der Waals surface area contributed by atoms with Crippen molar-refractivity contribution < 1.29 is 13.2 Å². The lowest BCUT2D eigenvalue weighted by molar-refractivity contribution is 0.249. The summed E-state index contributed by atoms with van der Waals surface area (Å²) in [4.78, 5) is 12.5. The highest BCUT2D eigenvalue weighted by atomic mass is 32.2. The quantitative estimate of drug-likeness (QED) is 0.543. The van der Waals surface area contributed by atoms with Gasteiger partial charge in [-0.2, -0.15) is 0 Å². The van der Waals surface area contributed by atoms with Crippen LogP contribution in [0.1, 0.15) is 35.2 Å². The molecule has 0 saturated heterocycles. The van der Waals surface area contributed by atoms with Crippen LogP contribution in [-0.2, 0) is 28.7 Å². The summed E-state index contributed by atoms with van der Waals surface area (Å²) in [6, 6.07) is 21.2. The summed E-state index contributed by atoms with van der Waals surface area (Å²) >= 11 is 0. The van der Waals surface area contributed by atoms with Crippen LogP contribution in [0.15, 0.2) is 77.7 Å². The van der Waals surface area contributed by atoms with Crippen LogP contribution in [0.5, 0.6) is 0 Å². The second-order valence-electron chi connectivity index (χ2n) is 7.72. The van der Waals surface area contributed by atoms with Gasteiger partial charge in [-0.1, -0.05) is 48.5 Å². The van der Waals surface area contributed by atoms with Crippen molar-refractivity contribution >= 4 is 21.6 Å². The van der Waals surface area contributed by atoms with E-state index in [1.807, 2.05) is 55.5 Å². The summed E-state index contributed by atoms with van der Waals surface area (Å²) in [6.45, 7) is 3.50. The van der Waals surface area contributed by atoms with Gasteiger partial charge in [0, 0.05) is 18.8 Å². The minimum Gasteiger partial charge on any atom is -0.331 e. The zero-order valence-corrected chi connectivity index (χ0v) is 18.1. The monoisotopic (exact) mass is 435 g/mol. The van der Waals surface area contributed by atoms with Crippen LogP contribution >= 0.6 is 0 Å². The van der Waals surface area contributed by atoms with Crippen molar-refractivity contribution in [1.82, 2.24) is 10.6 Å². The Morgan fingerprint density at radius 1 is 0.968 bits per heavy atom. The lowest BCUT2D eigenvalue weighted by Gasteiger charge is -2.15. The van der Waals surface area contributed by atoms with Crippen LogP contribution in [0.4, 0.5) is 10.5 Å². The SMILES string of the molecule is CC(NC(=O)Nc1ccc(S(=O)(=O)Cc2ccc3c(c2)CNC3)cc1)c1ccccc1. The van der Waals surface area contributed by atoms with Crippen LogP contribution in [0, 0.1) is 0 Å². The summed E-state index contributed by atoms with van der Waals surface area (Å²) in [7, 11) is -3.48. The van der Waals surface area contributed by atoms with Gasteiger partial charge in [-0.05, 0) is 53.4 Å². The number of fused-ring (bicyclic) bond motifs is 1. The summed E-state index contributed by atoms with van der Waals surface area (Å²) < 4.78 is 25.6. The van der Waals surface area contributed by atoms with Gasteiger partial charge >= 0.3 is 6.03 Å². The highest BCUT2D eigenvalue weighted by molar-refractivity contribution is 7.90. The molecule has 1 aliphatic heterocycles. The van der Waals surface area contributed by atoms with Crippen molar-refractivity contribution in [2.24, 2.45) is 0 Å². The third-order valence-corrected chi connectivity index (χ3v) is 7.08. The van der Waals surface area contributed by atoms with Crippen LogP contribution in [0.25, 0.3) is 0 Å². The maximum atomic E-state index is 12.8. The number of hydrogen-bond donors (Lipinski definition) is 3. The van der Waals surface area contributed by atoms with E-state index >= 15 is 0 Å². The Morgan fingerprint density at radius 3 is 2.42 bits per heavy atom. The van der Waals surface area contributed by atoms with Gasteiger partial charge in [-0.3, -0.25) is 0 Å². The van der Waals surface area contributed by atoms with Crippen molar-refractivity contribution in [1.29, 1.82) is 0 Å². The zero-order chi connectivity index (χ0) is 21.8. The van der Waals surface area contributed by atoms with E-state index < -0.39 is 9.84 Å². The topological polar surface area (TPSA) is 87.3 Å². The Labute approximate surface area is 182 Å². The normalized spacial score (nSPS) is 14.0. The summed E-state index contributed by atoms with van der Waals surface area (Å²) in [6.07, 6.45) is 0. The molecule has 0 spiro atoms. The first kappa shape index (κ1) is 21.1. The largest absolute Gasteiger partial charge is 0.331 e. The number of sulfone groups is 1. The number of hydrogen-bond acceptors (Lipinski definition) is 4. The highest BCUT2D eigenvalue weighted by Gasteiger charge is 2.18. The predicted octanol–water partition coefficient (Wildman–Crippen LogP) is 4.15. The second-order valence-corrected chi connectivity index (χ2v) is 9.71. The summed E-state index contributed by atoms with van der Waals surface area (Å²) in [5.74, 6) is -0.0534. The van der Waals surface area contributed by atoms with Crippen molar-refractivity contribution in [3.05, 3.63) is 95.1 Å². The van der Waals surface area contributed by atoms with E-state index in [9.17, 15) is 13.2 Å². The van der Waals surface area contributed by atoms with Gasteiger partial charge in [0.25, 0.3) is 0 Å². The Morgan fingerprint density at radius 2 is 1.68 bits per heavy atom. The molecule has 2 amide bonds. The molecule has 3 aromatic carbocycles. The van der Waals surface area contributed by atoms with Crippen LogP contribution < -0.4 is 16.0 Å². The molecule has 160 valence electrons. The highest BCUT2D eigenvalue weighted by Crippen LogP contribution is 2.22. The average Bonchev–Trinajstić information content (AvgIpc) is 3.22. The van der Waals surface area contributed by atoms with Crippen LogP contribution in [-0.4, -0.2) is 14.4 Å². The van der Waals surface area contributed by atoms with Gasteiger partial charge < -0.3 is 16.0 Å². The molecular formula is C24H25N3O3S. The van der Waals surface area contributed by atoms with Crippen molar-refractivity contribution in [2.45, 2.75) is 36.7 Å². The first-order valence-electron chi connectivity index (χ1n) is 10.2. The standard InChI is InChI=1S/C24H25N3O3S/c1-17(19-5-3-2-4-6-19)26-24(28)27-22-9-11-23(12-10-22)31(29,30)16-18-7-8-20-14-25-15-21(20)13-18/h2-13,17,25H,14-16H2,1H3,(H2,26,27,28). The number of carbonyl (C=O) groups excluding carboxylic acids is 1. The zero-order valence-electron chi connectivity index (χ0n) is 17.3.